The number of carbonyl (C=O) groups excluding carboxylic acids is 1. The number of anilines is 1. The highest BCUT2D eigenvalue weighted by Gasteiger charge is 2.04. The van der Waals surface area contributed by atoms with Crippen LogP contribution in [-0.2, 0) is 11.2 Å². The lowest BCUT2D eigenvalue weighted by atomic mass is 10.1. The molecule has 0 saturated carbocycles. The summed E-state index contributed by atoms with van der Waals surface area (Å²) in [4.78, 5) is 13.1. The molecule has 0 spiro atoms. The molecule has 0 aliphatic carbocycles. The van der Waals surface area contributed by atoms with Gasteiger partial charge in [0.25, 0.3) is 0 Å². The summed E-state index contributed by atoms with van der Waals surface area (Å²) in [5.41, 5.74) is 3.23. The average Bonchev–Trinajstić information content (AvgIpc) is 2.77. The van der Waals surface area contributed by atoms with Gasteiger partial charge in [-0.15, -0.1) is 11.3 Å². The largest absolute Gasteiger partial charge is 0.326 e. The molecule has 1 N–H and O–H groups in total. The second-order valence-electron chi connectivity index (χ2n) is 4.50. The SMILES string of the molecule is Cc1cc(C)cc(NC(=O)CCc2cccs2)c1. The van der Waals surface area contributed by atoms with Gasteiger partial charge >= 0.3 is 0 Å². The van der Waals surface area contributed by atoms with Gasteiger partial charge in [-0.05, 0) is 55.0 Å². The molecule has 1 amide bonds. The second-order valence-corrected chi connectivity index (χ2v) is 5.54. The molecule has 1 aromatic carbocycles. The fourth-order valence-electron chi connectivity index (χ4n) is 1.96. The summed E-state index contributed by atoms with van der Waals surface area (Å²) in [5.74, 6) is 0.0772. The Bertz CT molecular complexity index is 511. The van der Waals surface area contributed by atoms with Crippen LogP contribution in [0.3, 0.4) is 0 Å². The molecule has 0 aliphatic rings. The van der Waals surface area contributed by atoms with E-state index in [-0.39, 0.29) is 5.91 Å². The second kappa shape index (κ2) is 5.83. The zero-order chi connectivity index (χ0) is 13.0. The first-order valence-corrected chi connectivity index (χ1v) is 6.92. The molecule has 0 atom stereocenters. The summed E-state index contributed by atoms with van der Waals surface area (Å²) < 4.78 is 0. The molecule has 18 heavy (non-hydrogen) atoms. The van der Waals surface area contributed by atoms with Crippen LogP contribution < -0.4 is 5.32 Å². The van der Waals surface area contributed by atoms with Crippen molar-refractivity contribution in [1.82, 2.24) is 0 Å². The zero-order valence-corrected chi connectivity index (χ0v) is 11.5. The number of amides is 1. The van der Waals surface area contributed by atoms with E-state index in [2.05, 4.69) is 17.4 Å². The zero-order valence-electron chi connectivity index (χ0n) is 10.7. The fourth-order valence-corrected chi connectivity index (χ4v) is 2.67. The lowest BCUT2D eigenvalue weighted by Gasteiger charge is -2.07. The van der Waals surface area contributed by atoms with Crippen molar-refractivity contribution in [3.05, 3.63) is 51.7 Å². The molecule has 3 heteroatoms. The molecule has 0 aliphatic heterocycles. The smallest absolute Gasteiger partial charge is 0.224 e. The highest BCUT2D eigenvalue weighted by molar-refractivity contribution is 7.09. The van der Waals surface area contributed by atoms with Crippen LogP contribution in [0.4, 0.5) is 5.69 Å². The summed E-state index contributed by atoms with van der Waals surface area (Å²) >= 11 is 1.70. The van der Waals surface area contributed by atoms with Crippen molar-refractivity contribution in [3.63, 3.8) is 0 Å². The highest BCUT2D eigenvalue weighted by Crippen LogP contribution is 2.15. The summed E-state index contributed by atoms with van der Waals surface area (Å²) in [6, 6.07) is 10.2. The van der Waals surface area contributed by atoms with Crippen LogP contribution >= 0.6 is 11.3 Å². The lowest BCUT2D eigenvalue weighted by Crippen LogP contribution is -2.12. The van der Waals surface area contributed by atoms with Crippen LogP contribution in [0.25, 0.3) is 0 Å². The van der Waals surface area contributed by atoms with Gasteiger partial charge in [0, 0.05) is 17.0 Å². The predicted molar refractivity (Wildman–Crippen MR) is 77.2 cm³/mol. The fraction of sp³-hybridized carbons (Fsp3) is 0.267. The van der Waals surface area contributed by atoms with Crippen LogP contribution in [0, 0.1) is 13.8 Å². The Morgan fingerprint density at radius 3 is 2.56 bits per heavy atom. The molecule has 0 saturated heterocycles. The standard InChI is InChI=1S/C15H17NOS/c1-11-8-12(2)10-13(9-11)16-15(17)6-5-14-4-3-7-18-14/h3-4,7-10H,5-6H2,1-2H3,(H,16,17). The maximum atomic E-state index is 11.8. The number of hydrogen-bond donors (Lipinski definition) is 1. The van der Waals surface area contributed by atoms with Gasteiger partial charge in [0.05, 0.1) is 0 Å². The van der Waals surface area contributed by atoms with Gasteiger partial charge in [-0.25, -0.2) is 0 Å². The maximum absolute atomic E-state index is 11.8. The molecule has 0 unspecified atom stereocenters. The van der Waals surface area contributed by atoms with E-state index in [0.29, 0.717) is 6.42 Å². The van der Waals surface area contributed by atoms with E-state index in [1.807, 2.05) is 37.4 Å². The van der Waals surface area contributed by atoms with Crippen molar-refractivity contribution >= 4 is 22.9 Å². The summed E-state index contributed by atoms with van der Waals surface area (Å²) in [7, 11) is 0. The Morgan fingerprint density at radius 2 is 1.94 bits per heavy atom. The Kier molecular flexibility index (Phi) is 4.15. The molecule has 0 radical (unpaired) electrons. The number of nitrogens with one attached hydrogen (secondary N) is 1. The number of thiophene rings is 1. The number of carbonyl (C=O) groups is 1. The third kappa shape index (κ3) is 3.70. The van der Waals surface area contributed by atoms with Gasteiger partial charge in [0.1, 0.15) is 0 Å². The molecule has 2 rings (SSSR count). The number of aryl methyl sites for hydroxylation is 3. The molecular weight excluding hydrogens is 242 g/mol. The van der Waals surface area contributed by atoms with Crippen LogP contribution in [0.2, 0.25) is 0 Å². The van der Waals surface area contributed by atoms with Crippen molar-refractivity contribution in [2.24, 2.45) is 0 Å². The maximum Gasteiger partial charge on any atom is 0.224 e. The van der Waals surface area contributed by atoms with E-state index in [1.54, 1.807) is 11.3 Å². The molecular formula is C15H17NOS. The van der Waals surface area contributed by atoms with Gasteiger partial charge in [-0.2, -0.15) is 0 Å². The first-order chi connectivity index (χ1) is 8.63. The van der Waals surface area contributed by atoms with Crippen molar-refractivity contribution in [2.45, 2.75) is 26.7 Å². The third-order valence-electron chi connectivity index (χ3n) is 2.68. The minimum absolute atomic E-state index is 0.0772. The molecule has 2 nitrogen and oxygen atoms in total. The number of rotatable bonds is 4. The van der Waals surface area contributed by atoms with Crippen LogP contribution in [0.1, 0.15) is 22.4 Å². The van der Waals surface area contributed by atoms with Crippen LogP contribution in [0.5, 0.6) is 0 Å². The van der Waals surface area contributed by atoms with E-state index >= 15 is 0 Å². The topological polar surface area (TPSA) is 29.1 Å². The Labute approximate surface area is 112 Å². The van der Waals surface area contributed by atoms with Gasteiger partial charge in [0.15, 0.2) is 0 Å². The first kappa shape index (κ1) is 12.8. The van der Waals surface area contributed by atoms with E-state index in [0.717, 1.165) is 12.1 Å². The minimum Gasteiger partial charge on any atom is -0.326 e. The van der Waals surface area contributed by atoms with Gasteiger partial charge < -0.3 is 5.32 Å². The summed E-state index contributed by atoms with van der Waals surface area (Å²) in [6.07, 6.45) is 1.35. The van der Waals surface area contributed by atoms with E-state index < -0.39 is 0 Å². The molecule has 1 aromatic heterocycles. The van der Waals surface area contributed by atoms with E-state index in [1.165, 1.54) is 16.0 Å². The molecule has 2 aromatic rings. The minimum atomic E-state index is 0.0772. The van der Waals surface area contributed by atoms with Crippen molar-refractivity contribution in [2.75, 3.05) is 5.32 Å². The average molecular weight is 259 g/mol. The lowest BCUT2D eigenvalue weighted by molar-refractivity contribution is -0.116. The monoisotopic (exact) mass is 259 g/mol. The quantitative estimate of drug-likeness (QED) is 0.885. The number of benzene rings is 1. The third-order valence-corrected chi connectivity index (χ3v) is 3.62. The highest BCUT2D eigenvalue weighted by atomic mass is 32.1. The normalized spacial score (nSPS) is 10.3. The molecule has 1 heterocycles. The Balaban J connectivity index is 1.90. The van der Waals surface area contributed by atoms with Crippen LogP contribution in [-0.4, -0.2) is 5.91 Å². The summed E-state index contributed by atoms with van der Waals surface area (Å²) in [5, 5.41) is 4.99. The van der Waals surface area contributed by atoms with Crippen molar-refractivity contribution in [3.8, 4) is 0 Å². The number of hydrogen-bond acceptors (Lipinski definition) is 2. The van der Waals surface area contributed by atoms with E-state index in [9.17, 15) is 4.79 Å². The van der Waals surface area contributed by atoms with Gasteiger partial charge in [-0.3, -0.25) is 4.79 Å². The van der Waals surface area contributed by atoms with Gasteiger partial charge in [0.2, 0.25) is 5.91 Å². The van der Waals surface area contributed by atoms with Gasteiger partial charge in [-0.1, -0.05) is 12.1 Å². The first-order valence-electron chi connectivity index (χ1n) is 6.04. The van der Waals surface area contributed by atoms with E-state index in [4.69, 9.17) is 0 Å². The summed E-state index contributed by atoms with van der Waals surface area (Å²) in [6.45, 7) is 4.07. The predicted octanol–water partition coefficient (Wildman–Crippen LogP) is 3.94. The Hall–Kier alpha value is -1.61. The Morgan fingerprint density at radius 1 is 1.22 bits per heavy atom. The van der Waals surface area contributed by atoms with Crippen molar-refractivity contribution in [1.29, 1.82) is 0 Å². The van der Waals surface area contributed by atoms with Crippen molar-refractivity contribution < 1.29 is 4.79 Å². The molecule has 0 bridgehead atoms. The molecule has 94 valence electrons. The van der Waals surface area contributed by atoms with Crippen LogP contribution in [0.15, 0.2) is 35.7 Å². The molecule has 0 fully saturated rings.